The quantitative estimate of drug-likeness (QED) is 0.149. The number of hydrogen-bond acceptors (Lipinski definition) is 9. The largest absolute Gasteiger partial charge is 0.573 e. The van der Waals surface area contributed by atoms with Crippen LogP contribution in [-0.4, -0.2) is 81.4 Å². The third-order valence-electron chi connectivity index (χ3n) is 7.83. The smallest absolute Gasteiger partial charge is 0.406 e. The maximum Gasteiger partial charge on any atom is 0.573 e. The average Bonchev–Trinajstić information content (AvgIpc) is 3.64. The number of nitrogens with one attached hydrogen (secondary N) is 4. The summed E-state index contributed by atoms with van der Waals surface area (Å²) in [6, 6.07) is 6.56. The topological polar surface area (TPSA) is 176 Å². The molecule has 0 spiro atoms. The zero-order valence-electron chi connectivity index (χ0n) is 25.3. The van der Waals surface area contributed by atoms with Gasteiger partial charge in [-0.25, -0.2) is 13.1 Å². The van der Waals surface area contributed by atoms with E-state index in [-0.39, 0.29) is 44.1 Å². The van der Waals surface area contributed by atoms with Crippen LogP contribution in [-0.2, 0) is 37.5 Å². The lowest BCUT2D eigenvalue weighted by molar-refractivity contribution is -0.274. The van der Waals surface area contributed by atoms with Gasteiger partial charge in [-0.15, -0.1) is 24.5 Å². The molecule has 3 heterocycles. The number of thiophene rings is 1. The van der Waals surface area contributed by atoms with E-state index in [0.29, 0.717) is 22.8 Å². The minimum atomic E-state index is -4.82. The lowest BCUT2D eigenvalue weighted by Crippen LogP contribution is -2.53. The maximum absolute atomic E-state index is 13.9. The number of benzene rings is 1. The molecule has 17 heteroatoms. The summed E-state index contributed by atoms with van der Waals surface area (Å²) < 4.78 is 74.4. The van der Waals surface area contributed by atoms with E-state index in [2.05, 4.69) is 20.1 Å². The highest BCUT2D eigenvalue weighted by molar-refractivity contribution is 7.88. The van der Waals surface area contributed by atoms with E-state index in [4.69, 9.17) is 15.9 Å². The summed E-state index contributed by atoms with van der Waals surface area (Å²) in [5.41, 5.74) is 6.09. The van der Waals surface area contributed by atoms with E-state index in [9.17, 15) is 31.2 Å². The van der Waals surface area contributed by atoms with Crippen LogP contribution in [0.15, 0.2) is 36.4 Å². The van der Waals surface area contributed by atoms with E-state index in [1.165, 1.54) is 40.5 Å². The summed E-state index contributed by atoms with van der Waals surface area (Å²) in [7, 11) is -3.76. The summed E-state index contributed by atoms with van der Waals surface area (Å²) in [5.74, 6) is -1.12. The third kappa shape index (κ3) is 10.9. The highest BCUT2D eigenvalue weighted by Gasteiger charge is 2.43. The molecule has 1 aromatic heterocycles. The maximum atomic E-state index is 13.9. The molecule has 1 aromatic carbocycles. The number of amidine groups is 1. The molecule has 2 aromatic rings. The average molecular weight is 689 g/mol. The molecule has 4 rings (SSSR count). The van der Waals surface area contributed by atoms with Gasteiger partial charge in [-0.1, -0.05) is 12.1 Å². The van der Waals surface area contributed by atoms with Crippen molar-refractivity contribution in [1.82, 2.24) is 20.3 Å². The fourth-order valence-electron chi connectivity index (χ4n) is 5.59. The molecule has 0 aliphatic carbocycles. The number of hydrogen-bond donors (Lipinski definition) is 5. The zero-order valence-corrected chi connectivity index (χ0v) is 26.9. The van der Waals surface area contributed by atoms with Crippen LogP contribution < -0.4 is 25.8 Å². The number of nitrogens with two attached hydrogens (primary N) is 1. The van der Waals surface area contributed by atoms with Gasteiger partial charge in [0.25, 0.3) is 0 Å². The van der Waals surface area contributed by atoms with Crippen LogP contribution in [0.1, 0.15) is 47.4 Å². The van der Waals surface area contributed by atoms with Crippen molar-refractivity contribution < 1.29 is 40.7 Å². The van der Waals surface area contributed by atoms with Gasteiger partial charge < -0.3 is 30.7 Å². The number of likely N-dealkylation sites (tertiary alicyclic amines) is 1. The van der Waals surface area contributed by atoms with Gasteiger partial charge in [-0.2, -0.15) is 0 Å². The van der Waals surface area contributed by atoms with Gasteiger partial charge in [0.15, 0.2) is 0 Å². The molecule has 254 valence electrons. The van der Waals surface area contributed by atoms with Crippen LogP contribution >= 0.6 is 11.3 Å². The van der Waals surface area contributed by atoms with Gasteiger partial charge in [0.1, 0.15) is 23.7 Å². The molecule has 12 nitrogen and oxygen atoms in total. The number of nitrogen functional groups attached to an aromatic ring is 1. The fraction of sp³-hybridized carbons (Fsp3) is 0.552. The zero-order chi connectivity index (χ0) is 33.5. The van der Waals surface area contributed by atoms with Crippen molar-refractivity contribution in [2.45, 2.75) is 69.8 Å². The van der Waals surface area contributed by atoms with Crippen molar-refractivity contribution in [2.75, 3.05) is 25.9 Å². The summed E-state index contributed by atoms with van der Waals surface area (Å²) in [6.07, 6.45) is -1.58. The second kappa shape index (κ2) is 15.6. The van der Waals surface area contributed by atoms with Gasteiger partial charge in [0.2, 0.25) is 21.8 Å². The van der Waals surface area contributed by atoms with Gasteiger partial charge >= 0.3 is 6.36 Å². The summed E-state index contributed by atoms with van der Waals surface area (Å²) in [6.45, 7) is 1.85. The Morgan fingerprint density at radius 2 is 1.87 bits per heavy atom. The molecule has 0 bridgehead atoms. The van der Waals surface area contributed by atoms with Gasteiger partial charge in [-0.3, -0.25) is 15.0 Å². The Hall–Kier alpha value is -3.25. The Morgan fingerprint density at radius 3 is 2.48 bits per heavy atom. The normalized spacial score (nSPS) is 20.0. The second-order valence-corrected chi connectivity index (χ2v) is 14.4. The summed E-state index contributed by atoms with van der Waals surface area (Å²) >= 11 is 1.25. The highest BCUT2D eigenvalue weighted by Crippen LogP contribution is 2.27. The molecule has 2 aliphatic heterocycles. The van der Waals surface area contributed by atoms with E-state index < -0.39 is 46.4 Å². The Bertz CT molecular complexity index is 1460. The Morgan fingerprint density at radius 1 is 1.17 bits per heavy atom. The Labute approximate surface area is 269 Å². The number of nitrogens with zero attached hydrogens (tertiary/aromatic N) is 1. The minimum absolute atomic E-state index is 0.00289. The van der Waals surface area contributed by atoms with Gasteiger partial charge in [0, 0.05) is 17.8 Å². The number of carbonyl (C=O) groups excluding carboxylic acids is 2. The molecule has 3 atom stereocenters. The molecular formula is C29H39F3N6O6S2. The number of alkyl halides is 3. The number of halogens is 3. The molecule has 2 fully saturated rings. The van der Waals surface area contributed by atoms with Gasteiger partial charge in [-0.05, 0) is 74.5 Å². The van der Waals surface area contributed by atoms with Crippen LogP contribution in [0.5, 0.6) is 5.75 Å². The molecule has 0 radical (unpaired) electrons. The fourth-order valence-corrected chi connectivity index (χ4v) is 7.13. The van der Waals surface area contributed by atoms with Crippen LogP contribution in [0, 0.1) is 11.3 Å². The molecular weight excluding hydrogens is 649 g/mol. The summed E-state index contributed by atoms with van der Waals surface area (Å²) in [4.78, 5) is 30.1. The summed E-state index contributed by atoms with van der Waals surface area (Å²) in [5, 5.41) is 13.7. The van der Waals surface area contributed by atoms with Crippen LogP contribution in [0.3, 0.4) is 0 Å². The predicted octanol–water partition coefficient (Wildman–Crippen LogP) is 2.43. The van der Waals surface area contributed by atoms with Gasteiger partial charge in [0.05, 0.1) is 30.4 Å². The van der Waals surface area contributed by atoms with E-state index in [1.807, 2.05) is 0 Å². The van der Waals surface area contributed by atoms with Crippen molar-refractivity contribution in [1.29, 1.82) is 5.41 Å². The molecule has 0 unspecified atom stereocenters. The predicted molar refractivity (Wildman–Crippen MR) is 166 cm³/mol. The minimum Gasteiger partial charge on any atom is -0.406 e. The van der Waals surface area contributed by atoms with Crippen molar-refractivity contribution >= 4 is 39.0 Å². The van der Waals surface area contributed by atoms with E-state index in [0.717, 1.165) is 37.1 Å². The molecule has 2 aliphatic rings. The monoisotopic (exact) mass is 688 g/mol. The second-order valence-electron chi connectivity index (χ2n) is 11.5. The molecule has 46 heavy (non-hydrogen) atoms. The van der Waals surface area contributed by atoms with Crippen molar-refractivity contribution in [3.05, 3.63) is 51.7 Å². The molecule has 2 amide bonds. The number of piperidine rings is 1. The van der Waals surface area contributed by atoms with Crippen LogP contribution in [0.25, 0.3) is 0 Å². The third-order valence-corrected chi connectivity index (χ3v) is 9.66. The lowest BCUT2D eigenvalue weighted by Gasteiger charge is -2.29. The number of rotatable bonds is 14. The Balaban J connectivity index is 1.47. The highest BCUT2D eigenvalue weighted by atomic mass is 32.2. The first-order valence-corrected chi connectivity index (χ1v) is 17.5. The first-order chi connectivity index (χ1) is 21.7. The number of amides is 2. The van der Waals surface area contributed by atoms with Crippen molar-refractivity contribution in [3.8, 4) is 5.75 Å². The number of sulfonamides is 1. The molecule has 2 saturated heterocycles. The molecule has 0 saturated carbocycles. The first-order valence-electron chi connectivity index (χ1n) is 14.8. The van der Waals surface area contributed by atoms with E-state index >= 15 is 0 Å². The van der Waals surface area contributed by atoms with Crippen LogP contribution in [0.4, 0.5) is 13.2 Å². The number of carbonyl (C=O) groups is 2. The van der Waals surface area contributed by atoms with Crippen molar-refractivity contribution in [2.24, 2.45) is 11.7 Å². The first kappa shape index (κ1) is 35.6. The number of ether oxygens (including phenoxy) is 2. The molecule has 6 N–H and O–H groups in total. The lowest BCUT2D eigenvalue weighted by atomic mass is 9.91. The van der Waals surface area contributed by atoms with E-state index in [1.54, 1.807) is 12.1 Å². The SMILES string of the molecule is CS(=O)(=O)N[C@H](CCC1CCNCC1)C(=O)N1C[C@H](OCc2ccc(OC(F)(F)F)cc2)C[C@@H]1C(=O)NCc1ccc(C(=N)N)s1. The standard InChI is InChI=1S/C29H39F3N6O6S2/c1-46(41,42)37-23(8-4-18-10-12-35-13-11-18)28(40)38-16-21(43-17-19-2-5-20(6-3-19)44-29(30,31)32)14-24(38)27(39)36-15-22-7-9-25(45-22)26(33)34/h2-3,5-7,9,18,21,23-24,35,37H,4,8,10-17H2,1H3,(H3,33,34)(H,36,39)/t21-,23-,24-/m1/s1. The van der Waals surface area contributed by atoms with Crippen LogP contribution in [0.2, 0.25) is 0 Å². The van der Waals surface area contributed by atoms with Crippen molar-refractivity contribution in [3.63, 3.8) is 0 Å². The Kier molecular flexibility index (Phi) is 12.0.